The molecule has 0 aliphatic carbocycles. The van der Waals surface area contributed by atoms with Crippen LogP contribution in [0.2, 0.25) is 0 Å². The van der Waals surface area contributed by atoms with E-state index in [-0.39, 0.29) is 12.1 Å². The minimum atomic E-state index is -0.577. The Morgan fingerprint density at radius 1 is 1.38 bits per heavy atom. The second kappa shape index (κ2) is 6.36. The van der Waals surface area contributed by atoms with Crippen LogP contribution in [0.4, 0.5) is 10.5 Å². The molecule has 2 aromatic rings. The van der Waals surface area contributed by atoms with E-state index in [9.17, 15) is 9.90 Å². The van der Waals surface area contributed by atoms with Gasteiger partial charge in [0.25, 0.3) is 0 Å². The van der Waals surface area contributed by atoms with E-state index in [1.807, 2.05) is 14.0 Å². The summed E-state index contributed by atoms with van der Waals surface area (Å²) in [4.78, 5) is 12.0. The molecule has 0 saturated carbocycles. The van der Waals surface area contributed by atoms with Gasteiger partial charge in [-0.3, -0.25) is 0 Å². The van der Waals surface area contributed by atoms with Crippen molar-refractivity contribution >= 4 is 11.7 Å². The van der Waals surface area contributed by atoms with Crippen LogP contribution in [0.5, 0.6) is 0 Å². The third kappa shape index (κ3) is 3.79. The van der Waals surface area contributed by atoms with Gasteiger partial charge in [-0.2, -0.15) is 0 Å². The van der Waals surface area contributed by atoms with Gasteiger partial charge < -0.3 is 20.3 Å². The lowest BCUT2D eigenvalue weighted by atomic mass is 10.1. The predicted molar refractivity (Wildman–Crippen MR) is 78.6 cm³/mol. The van der Waals surface area contributed by atoms with Crippen molar-refractivity contribution in [3.05, 3.63) is 42.0 Å². The lowest BCUT2D eigenvalue weighted by Crippen LogP contribution is -2.32. The fourth-order valence-corrected chi connectivity index (χ4v) is 1.99. The Morgan fingerprint density at radius 3 is 2.76 bits per heavy atom. The van der Waals surface area contributed by atoms with E-state index in [2.05, 4.69) is 20.8 Å². The molecule has 0 bridgehead atoms. The molecule has 7 nitrogen and oxygen atoms in total. The summed E-state index contributed by atoms with van der Waals surface area (Å²) >= 11 is 0. The second-order valence-electron chi connectivity index (χ2n) is 4.92. The third-order valence-electron chi connectivity index (χ3n) is 3.11. The predicted octanol–water partition coefficient (Wildman–Crippen LogP) is 1.75. The van der Waals surface area contributed by atoms with Crippen molar-refractivity contribution < 1.29 is 9.90 Å². The van der Waals surface area contributed by atoms with E-state index < -0.39 is 6.10 Å². The average Bonchev–Trinajstić information content (AvgIpc) is 2.85. The summed E-state index contributed by atoms with van der Waals surface area (Å²) in [5.74, 6) is 0.669. The van der Waals surface area contributed by atoms with Crippen LogP contribution in [0, 0.1) is 0 Å². The highest BCUT2D eigenvalue weighted by atomic mass is 16.3. The van der Waals surface area contributed by atoms with Gasteiger partial charge in [0, 0.05) is 12.7 Å². The van der Waals surface area contributed by atoms with Crippen LogP contribution >= 0.6 is 0 Å². The summed E-state index contributed by atoms with van der Waals surface area (Å²) in [7, 11) is 1.82. The molecule has 1 aromatic carbocycles. The molecule has 7 heteroatoms. The van der Waals surface area contributed by atoms with Crippen molar-refractivity contribution in [2.75, 3.05) is 5.32 Å². The highest BCUT2D eigenvalue weighted by Gasteiger charge is 2.14. The van der Waals surface area contributed by atoms with E-state index in [4.69, 9.17) is 0 Å². The first kappa shape index (κ1) is 15.0. The minimum absolute atomic E-state index is 0.266. The van der Waals surface area contributed by atoms with Crippen LogP contribution < -0.4 is 10.6 Å². The number of hydrogen-bond acceptors (Lipinski definition) is 4. The van der Waals surface area contributed by atoms with Crippen molar-refractivity contribution in [2.24, 2.45) is 7.05 Å². The Hall–Kier alpha value is -2.41. The van der Waals surface area contributed by atoms with Gasteiger partial charge in [0.15, 0.2) is 5.82 Å². The van der Waals surface area contributed by atoms with Gasteiger partial charge in [0.1, 0.15) is 6.33 Å². The molecule has 2 rings (SSSR count). The number of nitrogens with zero attached hydrogens (tertiary/aromatic N) is 3. The molecule has 0 aliphatic rings. The molecular weight excluding hydrogens is 270 g/mol. The first-order valence-electron chi connectivity index (χ1n) is 6.67. The highest BCUT2D eigenvalue weighted by Crippen LogP contribution is 2.17. The molecular formula is C14H19N5O2. The zero-order valence-electron chi connectivity index (χ0n) is 12.2. The Balaban J connectivity index is 1.99. The van der Waals surface area contributed by atoms with Crippen LogP contribution in [0.3, 0.4) is 0 Å². The molecule has 1 aromatic heterocycles. The average molecular weight is 289 g/mol. The molecule has 0 aliphatic heterocycles. The van der Waals surface area contributed by atoms with Gasteiger partial charge in [0.2, 0.25) is 0 Å². The lowest BCUT2D eigenvalue weighted by molar-refractivity contribution is 0.199. The molecule has 2 unspecified atom stereocenters. The molecule has 0 fully saturated rings. The maximum absolute atomic E-state index is 12.0. The van der Waals surface area contributed by atoms with E-state index in [1.54, 1.807) is 42.1 Å². The Labute approximate surface area is 123 Å². The third-order valence-corrected chi connectivity index (χ3v) is 3.11. The molecule has 2 atom stereocenters. The monoisotopic (exact) mass is 289 g/mol. The van der Waals surface area contributed by atoms with E-state index in [0.29, 0.717) is 11.5 Å². The first-order chi connectivity index (χ1) is 9.97. The largest absolute Gasteiger partial charge is 0.389 e. The number of aliphatic hydroxyl groups excluding tert-OH is 1. The fraction of sp³-hybridized carbons (Fsp3) is 0.357. The Bertz CT molecular complexity index is 623. The van der Waals surface area contributed by atoms with Crippen molar-refractivity contribution in [3.8, 4) is 0 Å². The minimum Gasteiger partial charge on any atom is -0.389 e. The van der Waals surface area contributed by atoms with Gasteiger partial charge in [-0.1, -0.05) is 12.1 Å². The number of aliphatic hydroxyl groups is 1. The number of anilines is 1. The molecule has 3 N–H and O–H groups in total. The van der Waals surface area contributed by atoms with Gasteiger partial charge in [-0.25, -0.2) is 4.79 Å². The lowest BCUT2D eigenvalue weighted by Gasteiger charge is -2.14. The number of carbonyl (C=O) groups is 1. The van der Waals surface area contributed by atoms with Gasteiger partial charge >= 0.3 is 6.03 Å². The van der Waals surface area contributed by atoms with E-state index >= 15 is 0 Å². The summed E-state index contributed by atoms with van der Waals surface area (Å²) in [5.41, 5.74) is 1.37. The van der Waals surface area contributed by atoms with Gasteiger partial charge in [-0.15, -0.1) is 10.2 Å². The summed E-state index contributed by atoms with van der Waals surface area (Å²) in [5, 5.41) is 22.8. The number of amides is 2. The van der Waals surface area contributed by atoms with Crippen LogP contribution in [-0.4, -0.2) is 25.9 Å². The fourth-order valence-electron chi connectivity index (χ4n) is 1.99. The number of aryl methyl sites for hydroxylation is 1. The van der Waals surface area contributed by atoms with Crippen LogP contribution in [0.1, 0.15) is 37.4 Å². The highest BCUT2D eigenvalue weighted by molar-refractivity contribution is 5.89. The van der Waals surface area contributed by atoms with Crippen LogP contribution in [0.15, 0.2) is 30.6 Å². The molecule has 1 heterocycles. The van der Waals surface area contributed by atoms with Gasteiger partial charge in [-0.05, 0) is 31.5 Å². The smallest absolute Gasteiger partial charge is 0.319 e. The number of aromatic nitrogens is 3. The van der Waals surface area contributed by atoms with Crippen molar-refractivity contribution in [1.82, 2.24) is 20.1 Å². The maximum atomic E-state index is 12.0. The van der Waals surface area contributed by atoms with E-state index in [1.165, 1.54) is 0 Å². The molecule has 0 saturated heterocycles. The van der Waals surface area contributed by atoms with Gasteiger partial charge in [0.05, 0.1) is 12.1 Å². The number of nitrogens with one attached hydrogen (secondary N) is 2. The summed E-state index contributed by atoms with van der Waals surface area (Å²) in [6.45, 7) is 3.51. The van der Waals surface area contributed by atoms with Crippen LogP contribution in [-0.2, 0) is 7.05 Å². The molecule has 21 heavy (non-hydrogen) atoms. The van der Waals surface area contributed by atoms with E-state index in [0.717, 1.165) is 5.56 Å². The van der Waals surface area contributed by atoms with Crippen molar-refractivity contribution in [3.63, 3.8) is 0 Å². The Morgan fingerprint density at radius 2 is 2.14 bits per heavy atom. The second-order valence-corrected chi connectivity index (χ2v) is 4.92. The SMILES string of the molecule is CC(O)c1cccc(NC(=O)NC(C)c2nncn2C)c1. The summed E-state index contributed by atoms with van der Waals surface area (Å²) < 4.78 is 1.75. The zero-order valence-corrected chi connectivity index (χ0v) is 12.2. The Kier molecular flexibility index (Phi) is 4.54. The summed E-state index contributed by atoms with van der Waals surface area (Å²) in [6.07, 6.45) is 1.00. The topological polar surface area (TPSA) is 92.1 Å². The standard InChI is InChI=1S/C14H19N5O2/c1-9(13-18-15-8-19(13)3)16-14(21)17-12-6-4-5-11(7-12)10(2)20/h4-10,20H,1-3H3,(H2,16,17,21). The zero-order chi connectivity index (χ0) is 15.4. The number of hydrogen-bond donors (Lipinski definition) is 3. The summed E-state index contributed by atoms with van der Waals surface area (Å²) in [6, 6.07) is 6.47. The number of benzene rings is 1. The molecule has 2 amide bonds. The normalized spacial score (nSPS) is 13.5. The van der Waals surface area contributed by atoms with Crippen LogP contribution in [0.25, 0.3) is 0 Å². The first-order valence-corrected chi connectivity index (χ1v) is 6.67. The number of carbonyl (C=O) groups excluding carboxylic acids is 1. The molecule has 0 spiro atoms. The van der Waals surface area contributed by atoms with Crippen molar-refractivity contribution in [2.45, 2.75) is 26.0 Å². The molecule has 0 radical (unpaired) electrons. The molecule has 112 valence electrons. The maximum Gasteiger partial charge on any atom is 0.319 e. The number of urea groups is 1. The quantitative estimate of drug-likeness (QED) is 0.799. The number of rotatable bonds is 4. The van der Waals surface area contributed by atoms with Crippen molar-refractivity contribution in [1.29, 1.82) is 0 Å².